The Balaban J connectivity index is 0. The molecule has 0 saturated heterocycles. The third-order valence-electron chi connectivity index (χ3n) is 0.615. The van der Waals surface area contributed by atoms with E-state index in [-0.39, 0.29) is 5.97 Å². The average molecular weight is 142 g/mol. The fourth-order valence-corrected chi connectivity index (χ4v) is 0.262. The second kappa shape index (κ2) is 10.8. The molecule has 0 fully saturated rings. The molecule has 0 spiro atoms. The summed E-state index contributed by atoms with van der Waals surface area (Å²) < 4.78 is 4.58. The summed E-state index contributed by atoms with van der Waals surface area (Å²) in [7, 11) is 0. The minimum Gasteiger partial charge on any atom is -0.463 e. The lowest BCUT2D eigenvalue weighted by Gasteiger charge is -1.94. The molecule has 0 amide bonds. The number of carbonyl (C=O) groups is 1. The van der Waals surface area contributed by atoms with Crippen LogP contribution in [-0.4, -0.2) is 12.6 Å². The van der Waals surface area contributed by atoms with Crippen LogP contribution in [0, 0.1) is 0 Å². The highest BCUT2D eigenvalue weighted by molar-refractivity contribution is 5.81. The predicted octanol–water partition coefficient (Wildman–Crippen LogP) is 1.93. The second-order valence-electron chi connectivity index (χ2n) is 1.37. The molecule has 2 nitrogen and oxygen atoms in total. The van der Waals surface area contributed by atoms with E-state index in [2.05, 4.69) is 24.5 Å². The summed E-state index contributed by atoms with van der Waals surface area (Å²) in [6.45, 7) is 11.7. The summed E-state index contributed by atoms with van der Waals surface area (Å²) in [5.74, 6) is -0.341. The summed E-state index contributed by atoms with van der Waals surface area (Å²) >= 11 is 0. The minimum absolute atomic E-state index is 0.341. The van der Waals surface area contributed by atoms with Crippen LogP contribution in [0.25, 0.3) is 0 Å². The molecule has 0 atom stereocenters. The number of esters is 1. The van der Waals surface area contributed by atoms with Crippen LogP contribution in [0.1, 0.15) is 13.3 Å². The Hall–Kier alpha value is -1.05. The van der Waals surface area contributed by atoms with Crippen molar-refractivity contribution in [3.8, 4) is 0 Å². The van der Waals surface area contributed by atoms with Crippen molar-refractivity contribution in [1.82, 2.24) is 0 Å². The van der Waals surface area contributed by atoms with E-state index in [1.54, 1.807) is 0 Å². The molecule has 0 bridgehead atoms. The number of rotatable bonds is 3. The molecule has 2 heteroatoms. The first kappa shape index (κ1) is 11.7. The topological polar surface area (TPSA) is 26.3 Å². The first-order chi connectivity index (χ1) is 4.81. The first-order valence-electron chi connectivity index (χ1n) is 3.10. The van der Waals surface area contributed by atoms with Crippen molar-refractivity contribution in [1.29, 1.82) is 0 Å². The predicted molar refractivity (Wildman–Crippen MR) is 42.7 cm³/mol. The molecule has 10 heavy (non-hydrogen) atoms. The zero-order chi connectivity index (χ0) is 8.41. The smallest absolute Gasteiger partial charge is 0.330 e. The summed E-state index contributed by atoms with van der Waals surface area (Å²) in [6.07, 6.45) is 2.02. The van der Waals surface area contributed by atoms with Gasteiger partial charge >= 0.3 is 5.97 Å². The Labute approximate surface area is 62.2 Å². The van der Waals surface area contributed by atoms with Crippen LogP contribution in [0.2, 0.25) is 0 Å². The zero-order valence-electron chi connectivity index (χ0n) is 6.43. The molecule has 0 aromatic carbocycles. The van der Waals surface area contributed by atoms with Crippen LogP contribution >= 0.6 is 0 Å². The average Bonchev–Trinajstić information content (AvgIpc) is 2.04. The van der Waals surface area contributed by atoms with E-state index in [0.717, 1.165) is 12.5 Å². The molecule has 0 heterocycles. The Kier molecular flexibility index (Phi) is 12.7. The molecule has 58 valence electrons. The second-order valence-corrected chi connectivity index (χ2v) is 1.37. The monoisotopic (exact) mass is 142 g/mol. The highest BCUT2D eigenvalue weighted by Gasteiger charge is 1.89. The molecule has 0 aliphatic carbocycles. The standard InChI is InChI=1S/C6H10O2.C2H4/c1-3-5-8-6(7)4-2;1-2/h4H,2-3,5H2,1H3;1-2H2. The van der Waals surface area contributed by atoms with Crippen molar-refractivity contribution in [2.45, 2.75) is 13.3 Å². The van der Waals surface area contributed by atoms with Crippen LogP contribution in [0.5, 0.6) is 0 Å². The van der Waals surface area contributed by atoms with E-state index in [1.165, 1.54) is 0 Å². The maximum Gasteiger partial charge on any atom is 0.330 e. The lowest BCUT2D eigenvalue weighted by Crippen LogP contribution is -1.99. The molecule has 0 aliphatic heterocycles. The van der Waals surface area contributed by atoms with Gasteiger partial charge in [0.2, 0.25) is 0 Å². The van der Waals surface area contributed by atoms with Gasteiger partial charge in [-0.25, -0.2) is 4.79 Å². The van der Waals surface area contributed by atoms with E-state index < -0.39 is 0 Å². The molecule has 0 aromatic heterocycles. The largest absolute Gasteiger partial charge is 0.463 e. The summed E-state index contributed by atoms with van der Waals surface area (Å²) in [6, 6.07) is 0. The van der Waals surface area contributed by atoms with Crippen molar-refractivity contribution >= 4 is 5.97 Å². The van der Waals surface area contributed by atoms with Crippen LogP contribution in [0.15, 0.2) is 25.8 Å². The van der Waals surface area contributed by atoms with Crippen LogP contribution in [0.4, 0.5) is 0 Å². The molecule has 0 saturated carbocycles. The lowest BCUT2D eigenvalue weighted by molar-refractivity contribution is -0.137. The van der Waals surface area contributed by atoms with E-state index >= 15 is 0 Å². The molecular weight excluding hydrogens is 128 g/mol. The quantitative estimate of drug-likeness (QED) is 0.342. The Morgan fingerprint density at radius 2 is 2.10 bits per heavy atom. The number of ether oxygens (including phenoxy) is 1. The van der Waals surface area contributed by atoms with Gasteiger partial charge in [0.1, 0.15) is 0 Å². The van der Waals surface area contributed by atoms with Gasteiger partial charge in [-0.1, -0.05) is 13.5 Å². The van der Waals surface area contributed by atoms with Gasteiger partial charge in [0.25, 0.3) is 0 Å². The van der Waals surface area contributed by atoms with Crippen molar-refractivity contribution < 1.29 is 9.53 Å². The van der Waals surface area contributed by atoms with Gasteiger partial charge in [-0.05, 0) is 6.42 Å². The maximum atomic E-state index is 10.2. The Morgan fingerprint density at radius 3 is 2.40 bits per heavy atom. The molecule has 0 N–H and O–H groups in total. The van der Waals surface area contributed by atoms with E-state index in [9.17, 15) is 4.79 Å². The molecule has 0 aromatic rings. The van der Waals surface area contributed by atoms with Gasteiger partial charge < -0.3 is 4.74 Å². The number of hydrogen-bond donors (Lipinski definition) is 0. The third kappa shape index (κ3) is 10.0. The third-order valence-corrected chi connectivity index (χ3v) is 0.615. The summed E-state index contributed by atoms with van der Waals surface area (Å²) in [5, 5.41) is 0. The van der Waals surface area contributed by atoms with Crippen molar-refractivity contribution in [2.75, 3.05) is 6.61 Å². The normalized spacial score (nSPS) is 6.90. The zero-order valence-corrected chi connectivity index (χ0v) is 6.43. The van der Waals surface area contributed by atoms with Gasteiger partial charge in [0.05, 0.1) is 6.61 Å². The van der Waals surface area contributed by atoms with Crippen LogP contribution in [-0.2, 0) is 9.53 Å². The van der Waals surface area contributed by atoms with E-state index in [4.69, 9.17) is 0 Å². The molecular formula is C8H14O2. The molecule has 0 rings (SSSR count). The number of hydrogen-bond acceptors (Lipinski definition) is 2. The van der Waals surface area contributed by atoms with Gasteiger partial charge in [0, 0.05) is 6.08 Å². The number of carbonyl (C=O) groups excluding carboxylic acids is 1. The Morgan fingerprint density at radius 1 is 1.60 bits per heavy atom. The fourth-order valence-electron chi connectivity index (χ4n) is 0.262. The van der Waals surface area contributed by atoms with Gasteiger partial charge in [-0.2, -0.15) is 0 Å². The molecule has 0 unspecified atom stereocenters. The van der Waals surface area contributed by atoms with Gasteiger partial charge in [0.15, 0.2) is 0 Å². The van der Waals surface area contributed by atoms with E-state index in [1.807, 2.05) is 6.92 Å². The fraction of sp³-hybridized carbons (Fsp3) is 0.375. The maximum absolute atomic E-state index is 10.2. The summed E-state index contributed by atoms with van der Waals surface area (Å²) in [4.78, 5) is 10.2. The van der Waals surface area contributed by atoms with Crippen molar-refractivity contribution in [3.63, 3.8) is 0 Å². The highest BCUT2D eigenvalue weighted by atomic mass is 16.5. The Bertz CT molecular complexity index is 97.4. The first-order valence-corrected chi connectivity index (χ1v) is 3.10. The molecule has 0 aliphatic rings. The van der Waals surface area contributed by atoms with E-state index in [0.29, 0.717) is 6.61 Å². The van der Waals surface area contributed by atoms with Gasteiger partial charge in [-0.15, -0.1) is 13.2 Å². The van der Waals surface area contributed by atoms with Gasteiger partial charge in [-0.3, -0.25) is 0 Å². The molecule has 0 radical (unpaired) electrons. The highest BCUT2D eigenvalue weighted by Crippen LogP contribution is 1.81. The van der Waals surface area contributed by atoms with Crippen molar-refractivity contribution in [2.24, 2.45) is 0 Å². The minimum atomic E-state index is -0.341. The lowest BCUT2D eigenvalue weighted by atomic mass is 10.5. The van der Waals surface area contributed by atoms with Crippen molar-refractivity contribution in [3.05, 3.63) is 25.8 Å². The summed E-state index contributed by atoms with van der Waals surface area (Å²) in [5.41, 5.74) is 0. The van der Waals surface area contributed by atoms with Crippen LogP contribution in [0.3, 0.4) is 0 Å². The SMILES string of the molecule is C=C.C=CC(=O)OCCC. The van der Waals surface area contributed by atoms with Crippen LogP contribution < -0.4 is 0 Å².